The molecule has 32 heavy (non-hydrogen) atoms. The normalized spacial score (nSPS) is 31.0. The zero-order valence-electron chi connectivity index (χ0n) is 21.3. The highest BCUT2D eigenvalue weighted by Crippen LogP contribution is 2.40. The zero-order chi connectivity index (χ0) is 23.7. The fourth-order valence-corrected chi connectivity index (χ4v) is 6.27. The molecule has 2 aliphatic rings. The fourth-order valence-electron chi connectivity index (χ4n) is 6.27. The molecule has 2 rings (SSSR count). The van der Waals surface area contributed by atoms with E-state index in [2.05, 4.69) is 52.5 Å². The Balaban J connectivity index is 1.61. The highest BCUT2D eigenvalue weighted by atomic mass is 16.7. The lowest BCUT2D eigenvalue weighted by Crippen LogP contribution is -2.35. The molecule has 0 heterocycles. The van der Waals surface area contributed by atoms with Crippen molar-refractivity contribution in [2.24, 2.45) is 47.3 Å². The number of hydrogen-bond donors (Lipinski definition) is 2. The summed E-state index contributed by atoms with van der Waals surface area (Å²) in [5.41, 5.74) is 5.35. The molecule has 2 N–H and O–H groups in total. The third-order valence-electron chi connectivity index (χ3n) is 8.05. The molecule has 2 fully saturated rings. The molecular formula is C26H48N2O4. The van der Waals surface area contributed by atoms with Crippen molar-refractivity contribution >= 4 is 11.9 Å². The lowest BCUT2D eigenvalue weighted by Gasteiger charge is -2.37. The van der Waals surface area contributed by atoms with Crippen LogP contribution >= 0.6 is 0 Å². The van der Waals surface area contributed by atoms with Crippen LogP contribution in [0.2, 0.25) is 0 Å². The first-order valence-electron chi connectivity index (χ1n) is 13.1. The van der Waals surface area contributed by atoms with E-state index >= 15 is 0 Å². The van der Waals surface area contributed by atoms with Crippen molar-refractivity contribution in [1.82, 2.24) is 11.0 Å². The van der Waals surface area contributed by atoms with Crippen molar-refractivity contribution in [2.45, 2.75) is 92.9 Å². The summed E-state index contributed by atoms with van der Waals surface area (Å²) < 4.78 is 0. The Hall–Kier alpha value is -1.14. The first kappa shape index (κ1) is 27.1. The van der Waals surface area contributed by atoms with Crippen LogP contribution in [0, 0.1) is 47.3 Å². The number of hydroxylamine groups is 2. The second-order valence-electron chi connectivity index (χ2n) is 11.3. The molecule has 186 valence electrons. The van der Waals surface area contributed by atoms with Gasteiger partial charge in [-0.25, -0.2) is 9.59 Å². The van der Waals surface area contributed by atoms with Crippen LogP contribution in [0.25, 0.3) is 0 Å². The van der Waals surface area contributed by atoms with Gasteiger partial charge in [0, 0.05) is 13.1 Å². The van der Waals surface area contributed by atoms with E-state index in [1.807, 2.05) is 0 Å². The molecule has 0 radical (unpaired) electrons. The highest BCUT2D eigenvalue weighted by Gasteiger charge is 2.31. The average molecular weight is 453 g/mol. The van der Waals surface area contributed by atoms with Gasteiger partial charge in [-0.1, -0.05) is 54.4 Å². The van der Waals surface area contributed by atoms with Crippen LogP contribution in [0.5, 0.6) is 0 Å². The zero-order valence-corrected chi connectivity index (χ0v) is 21.3. The molecule has 2 saturated carbocycles. The molecule has 6 nitrogen and oxygen atoms in total. The molecule has 0 spiro atoms. The fraction of sp³-hybridized carbons (Fsp3) is 0.923. The third-order valence-corrected chi connectivity index (χ3v) is 8.05. The van der Waals surface area contributed by atoms with Crippen molar-refractivity contribution in [2.75, 3.05) is 13.1 Å². The molecule has 2 aliphatic carbocycles. The largest absolute Gasteiger partial charge is 0.437 e. The monoisotopic (exact) mass is 452 g/mol. The second-order valence-corrected chi connectivity index (χ2v) is 11.3. The molecule has 6 heteroatoms. The Morgan fingerprint density at radius 2 is 1.09 bits per heavy atom. The molecule has 6 atom stereocenters. The number of carbonyl (C=O) groups is 2. The van der Waals surface area contributed by atoms with Crippen LogP contribution in [0.3, 0.4) is 0 Å². The summed E-state index contributed by atoms with van der Waals surface area (Å²) in [6, 6.07) is 0. The summed E-state index contributed by atoms with van der Waals surface area (Å²) in [5, 5.41) is 0. The van der Waals surface area contributed by atoms with Gasteiger partial charge in [-0.05, 0) is 85.9 Å². The lowest BCUT2D eigenvalue weighted by molar-refractivity contribution is -0.176. The molecule has 0 aromatic heterocycles. The standard InChI is InChI=1S/C26H48N2O4/c1-17(2)23-9-7-19(5)15-21(23)11-13-27-31-25(29)26(30)32-28-14-12-22-16-20(6)8-10-24(22)18(3)4/h17-24,27-28H,7-16H2,1-6H3. The van der Waals surface area contributed by atoms with Gasteiger partial charge in [-0.2, -0.15) is 11.0 Å². The third kappa shape index (κ3) is 8.66. The Morgan fingerprint density at radius 1 is 0.719 bits per heavy atom. The van der Waals surface area contributed by atoms with Crippen LogP contribution < -0.4 is 11.0 Å². The molecule has 0 aromatic rings. The quantitative estimate of drug-likeness (QED) is 0.267. The SMILES string of the molecule is CC1CCC(C(C)C)C(CCNOC(=O)C(=O)ONCCC2CC(C)CCC2C(C)C)C1. The Morgan fingerprint density at radius 3 is 1.44 bits per heavy atom. The summed E-state index contributed by atoms with van der Waals surface area (Å²) in [7, 11) is 0. The molecule has 0 amide bonds. The van der Waals surface area contributed by atoms with E-state index in [4.69, 9.17) is 9.68 Å². The maximum absolute atomic E-state index is 11.9. The van der Waals surface area contributed by atoms with Gasteiger partial charge in [0.25, 0.3) is 0 Å². The minimum absolute atomic E-state index is 0.559. The summed E-state index contributed by atoms with van der Waals surface area (Å²) in [6.45, 7) is 14.9. The summed E-state index contributed by atoms with van der Waals surface area (Å²) in [6.07, 6.45) is 9.51. The van der Waals surface area contributed by atoms with Crippen molar-refractivity contribution in [3.05, 3.63) is 0 Å². The smallest absolute Gasteiger partial charge is 0.362 e. The molecule has 0 aliphatic heterocycles. The van der Waals surface area contributed by atoms with Crippen LogP contribution in [-0.4, -0.2) is 25.0 Å². The first-order chi connectivity index (χ1) is 15.2. The summed E-state index contributed by atoms with van der Waals surface area (Å²) in [5.74, 6) is 3.57. The van der Waals surface area contributed by atoms with Crippen LogP contribution in [-0.2, 0) is 19.3 Å². The Kier molecular flexibility index (Phi) is 11.5. The second kappa shape index (κ2) is 13.5. The molecule has 6 unspecified atom stereocenters. The molecule has 0 aromatic carbocycles. The predicted molar refractivity (Wildman–Crippen MR) is 127 cm³/mol. The van der Waals surface area contributed by atoms with E-state index in [1.54, 1.807) is 0 Å². The van der Waals surface area contributed by atoms with Crippen molar-refractivity contribution < 1.29 is 19.3 Å². The summed E-state index contributed by atoms with van der Waals surface area (Å²) >= 11 is 0. The summed E-state index contributed by atoms with van der Waals surface area (Å²) in [4.78, 5) is 33.6. The number of rotatable bonds is 10. The van der Waals surface area contributed by atoms with Gasteiger partial charge in [-0.15, -0.1) is 0 Å². The highest BCUT2D eigenvalue weighted by molar-refractivity contribution is 6.29. The van der Waals surface area contributed by atoms with Gasteiger partial charge in [-0.3, -0.25) is 0 Å². The number of nitrogens with one attached hydrogen (secondary N) is 2. The minimum atomic E-state index is -0.999. The topological polar surface area (TPSA) is 76.7 Å². The van der Waals surface area contributed by atoms with Gasteiger partial charge in [0.1, 0.15) is 0 Å². The van der Waals surface area contributed by atoms with Gasteiger partial charge in [0.05, 0.1) is 0 Å². The van der Waals surface area contributed by atoms with E-state index in [9.17, 15) is 9.59 Å². The number of carbonyl (C=O) groups excluding carboxylic acids is 2. The first-order valence-corrected chi connectivity index (χ1v) is 13.1. The average Bonchev–Trinajstić information content (AvgIpc) is 2.73. The van der Waals surface area contributed by atoms with Crippen molar-refractivity contribution in [3.8, 4) is 0 Å². The van der Waals surface area contributed by atoms with Crippen molar-refractivity contribution in [1.29, 1.82) is 0 Å². The van der Waals surface area contributed by atoms with Gasteiger partial charge < -0.3 is 9.68 Å². The van der Waals surface area contributed by atoms with Crippen LogP contribution in [0.4, 0.5) is 0 Å². The molecule has 0 saturated heterocycles. The van der Waals surface area contributed by atoms with E-state index in [-0.39, 0.29) is 0 Å². The van der Waals surface area contributed by atoms with E-state index in [1.165, 1.54) is 38.5 Å². The molecule has 0 bridgehead atoms. The number of hydrogen-bond acceptors (Lipinski definition) is 6. The predicted octanol–water partition coefficient (Wildman–Crippen LogP) is 5.28. The van der Waals surface area contributed by atoms with E-state index in [0.717, 1.165) is 36.5 Å². The molecular weight excluding hydrogens is 404 g/mol. The van der Waals surface area contributed by atoms with Crippen LogP contribution in [0.15, 0.2) is 0 Å². The van der Waals surface area contributed by atoms with E-state index in [0.29, 0.717) is 36.8 Å². The van der Waals surface area contributed by atoms with Crippen LogP contribution in [0.1, 0.15) is 92.9 Å². The van der Waals surface area contributed by atoms with Crippen molar-refractivity contribution in [3.63, 3.8) is 0 Å². The Bertz CT molecular complexity index is 530. The van der Waals surface area contributed by atoms with E-state index < -0.39 is 11.9 Å². The lowest BCUT2D eigenvalue weighted by atomic mass is 9.69. The Labute approximate surface area is 195 Å². The maximum atomic E-state index is 11.9. The van der Waals surface area contributed by atoms with Gasteiger partial charge in [0.2, 0.25) is 0 Å². The van der Waals surface area contributed by atoms with Gasteiger partial charge in [0.15, 0.2) is 0 Å². The van der Waals surface area contributed by atoms with Gasteiger partial charge >= 0.3 is 11.9 Å². The minimum Gasteiger partial charge on any atom is -0.362 e. The maximum Gasteiger partial charge on any atom is 0.437 e.